The second-order valence-electron chi connectivity index (χ2n) is 6.29. The highest BCUT2D eigenvalue weighted by Crippen LogP contribution is 2.40. The van der Waals surface area contributed by atoms with E-state index in [9.17, 15) is 4.79 Å². The molecular weight excluding hydrogens is 407 g/mol. The van der Waals surface area contributed by atoms with Gasteiger partial charge in [-0.25, -0.2) is 4.99 Å². The van der Waals surface area contributed by atoms with Crippen LogP contribution in [-0.4, -0.2) is 64.2 Å². The number of nitrogens with zero attached hydrogens (tertiary/aromatic N) is 2. The van der Waals surface area contributed by atoms with Crippen LogP contribution < -0.4 is 10.6 Å². The van der Waals surface area contributed by atoms with Gasteiger partial charge in [0.1, 0.15) is 6.54 Å². The molecule has 7 heteroatoms. The number of likely N-dealkylation sites (N-methyl/N-ethyl adjacent to an activating group) is 1. The summed E-state index contributed by atoms with van der Waals surface area (Å²) in [7, 11) is 5.16. The van der Waals surface area contributed by atoms with Gasteiger partial charge in [0.25, 0.3) is 0 Å². The minimum Gasteiger partial charge on any atom is -0.383 e. The first-order valence-electron chi connectivity index (χ1n) is 8.24. The van der Waals surface area contributed by atoms with Gasteiger partial charge in [0.05, 0.1) is 6.61 Å². The summed E-state index contributed by atoms with van der Waals surface area (Å²) in [6, 6.07) is 0. The van der Waals surface area contributed by atoms with Crippen molar-refractivity contribution < 1.29 is 9.53 Å². The molecule has 1 aliphatic rings. The predicted octanol–water partition coefficient (Wildman–Crippen LogP) is 1.84. The molecule has 0 heterocycles. The third kappa shape index (κ3) is 8.19. The molecule has 0 aromatic carbocycles. The zero-order valence-electron chi connectivity index (χ0n) is 15.0. The normalized spacial score (nSPS) is 16.6. The second-order valence-corrected chi connectivity index (χ2v) is 6.29. The molecule has 1 aliphatic carbocycles. The highest BCUT2D eigenvalue weighted by molar-refractivity contribution is 14.0. The summed E-state index contributed by atoms with van der Waals surface area (Å²) in [6.45, 7) is 4.63. The smallest absolute Gasteiger partial charge is 0.243 e. The molecule has 2 N–H and O–H groups in total. The van der Waals surface area contributed by atoms with Gasteiger partial charge in [-0.2, -0.15) is 0 Å². The van der Waals surface area contributed by atoms with Crippen molar-refractivity contribution in [2.24, 2.45) is 10.4 Å². The quantitative estimate of drug-likeness (QED) is 0.262. The lowest BCUT2D eigenvalue weighted by molar-refractivity contribution is -0.127. The molecule has 0 saturated heterocycles. The fourth-order valence-electron chi connectivity index (χ4n) is 2.79. The van der Waals surface area contributed by atoms with Gasteiger partial charge in [-0.3, -0.25) is 4.79 Å². The van der Waals surface area contributed by atoms with Crippen LogP contribution >= 0.6 is 24.0 Å². The Hall–Kier alpha value is -0.570. The standard InChI is InChI=1S/C16H32N4O2.HI/c1-5-16(8-6-7-9-16)13-19-15(17-10-11-22-4)18-12-14(21)20(2)3;/h5-13H2,1-4H3,(H2,17,18,19);1H. The monoisotopic (exact) mass is 440 g/mol. The van der Waals surface area contributed by atoms with E-state index in [1.165, 1.54) is 32.1 Å². The number of halogens is 1. The highest BCUT2D eigenvalue weighted by Gasteiger charge is 2.31. The molecule has 1 fully saturated rings. The third-order valence-electron chi connectivity index (χ3n) is 4.51. The number of hydrogen-bond acceptors (Lipinski definition) is 3. The summed E-state index contributed by atoms with van der Waals surface area (Å²) in [4.78, 5) is 17.6. The number of nitrogens with one attached hydrogen (secondary N) is 2. The molecule has 23 heavy (non-hydrogen) atoms. The van der Waals surface area contributed by atoms with Crippen molar-refractivity contribution in [2.75, 3.05) is 47.4 Å². The molecular formula is C16H33IN4O2. The van der Waals surface area contributed by atoms with Crippen LogP contribution in [0.15, 0.2) is 4.99 Å². The van der Waals surface area contributed by atoms with E-state index in [0.29, 0.717) is 24.5 Å². The van der Waals surface area contributed by atoms with Gasteiger partial charge >= 0.3 is 0 Å². The van der Waals surface area contributed by atoms with E-state index in [4.69, 9.17) is 4.74 Å². The number of aliphatic imine (C=N–C) groups is 1. The minimum absolute atomic E-state index is 0. The van der Waals surface area contributed by atoms with Crippen LogP contribution in [0.1, 0.15) is 39.0 Å². The van der Waals surface area contributed by atoms with Gasteiger partial charge in [-0.15, -0.1) is 24.0 Å². The number of guanidine groups is 1. The largest absolute Gasteiger partial charge is 0.383 e. The fourth-order valence-corrected chi connectivity index (χ4v) is 2.79. The molecule has 0 bridgehead atoms. The Morgan fingerprint density at radius 2 is 1.91 bits per heavy atom. The molecule has 0 spiro atoms. The predicted molar refractivity (Wildman–Crippen MR) is 105 cm³/mol. The van der Waals surface area contributed by atoms with E-state index in [1.807, 2.05) is 0 Å². The molecule has 0 aromatic rings. The second kappa shape index (κ2) is 11.9. The third-order valence-corrected chi connectivity index (χ3v) is 4.51. The minimum atomic E-state index is -0.00101. The van der Waals surface area contributed by atoms with Crippen molar-refractivity contribution in [2.45, 2.75) is 39.0 Å². The van der Waals surface area contributed by atoms with Gasteiger partial charge < -0.3 is 20.3 Å². The van der Waals surface area contributed by atoms with Crippen LogP contribution in [-0.2, 0) is 9.53 Å². The summed E-state index contributed by atoms with van der Waals surface area (Å²) in [5.74, 6) is 0.700. The maximum Gasteiger partial charge on any atom is 0.243 e. The number of carbonyl (C=O) groups excluding carboxylic acids is 1. The number of rotatable bonds is 8. The van der Waals surface area contributed by atoms with Crippen molar-refractivity contribution in [1.29, 1.82) is 0 Å². The van der Waals surface area contributed by atoms with E-state index in [2.05, 4.69) is 22.5 Å². The Balaban J connectivity index is 0.00000484. The molecule has 6 nitrogen and oxygen atoms in total. The van der Waals surface area contributed by atoms with Crippen LogP contribution in [0.4, 0.5) is 0 Å². The van der Waals surface area contributed by atoms with Crippen LogP contribution in [0.3, 0.4) is 0 Å². The Bertz CT molecular complexity index is 369. The van der Waals surface area contributed by atoms with Gasteiger partial charge in [0.15, 0.2) is 5.96 Å². The maximum atomic E-state index is 11.7. The van der Waals surface area contributed by atoms with E-state index < -0.39 is 0 Å². The number of methoxy groups -OCH3 is 1. The molecule has 0 radical (unpaired) electrons. The molecule has 1 saturated carbocycles. The maximum absolute atomic E-state index is 11.7. The lowest BCUT2D eigenvalue weighted by atomic mass is 9.83. The average Bonchev–Trinajstić information content (AvgIpc) is 2.98. The van der Waals surface area contributed by atoms with Gasteiger partial charge in [-0.1, -0.05) is 19.8 Å². The molecule has 0 aliphatic heterocycles. The molecule has 0 aromatic heterocycles. The first kappa shape index (κ1) is 22.4. The zero-order chi connectivity index (χ0) is 16.4. The lowest BCUT2D eigenvalue weighted by Gasteiger charge is -2.28. The van der Waals surface area contributed by atoms with E-state index in [1.54, 1.807) is 26.1 Å². The number of carbonyl (C=O) groups is 1. The zero-order valence-corrected chi connectivity index (χ0v) is 17.3. The summed E-state index contributed by atoms with van der Waals surface area (Å²) in [6.07, 6.45) is 6.37. The Kier molecular flexibility index (Phi) is 11.6. The molecule has 0 atom stereocenters. The van der Waals surface area contributed by atoms with E-state index in [0.717, 1.165) is 6.54 Å². The average molecular weight is 440 g/mol. The highest BCUT2D eigenvalue weighted by atomic mass is 127. The van der Waals surface area contributed by atoms with Gasteiger partial charge in [0.2, 0.25) is 5.91 Å². The summed E-state index contributed by atoms with van der Waals surface area (Å²) in [5.41, 5.74) is 0.384. The number of ether oxygens (including phenoxy) is 1. The van der Waals surface area contributed by atoms with Crippen LogP contribution in [0.2, 0.25) is 0 Å². The van der Waals surface area contributed by atoms with Crippen molar-refractivity contribution in [3.63, 3.8) is 0 Å². The Morgan fingerprint density at radius 3 is 2.43 bits per heavy atom. The summed E-state index contributed by atoms with van der Waals surface area (Å²) in [5, 5.41) is 6.64. The molecule has 1 amide bonds. The summed E-state index contributed by atoms with van der Waals surface area (Å²) < 4.78 is 5.05. The van der Waals surface area contributed by atoms with E-state index in [-0.39, 0.29) is 36.4 Å². The first-order valence-corrected chi connectivity index (χ1v) is 8.24. The van der Waals surface area contributed by atoms with Crippen molar-refractivity contribution in [1.82, 2.24) is 15.5 Å². The van der Waals surface area contributed by atoms with Gasteiger partial charge in [0, 0.05) is 34.3 Å². The number of hydrogen-bond donors (Lipinski definition) is 2. The molecule has 1 rings (SSSR count). The topological polar surface area (TPSA) is 66.0 Å². The fraction of sp³-hybridized carbons (Fsp3) is 0.875. The van der Waals surface area contributed by atoms with Gasteiger partial charge in [-0.05, 0) is 24.7 Å². The summed E-state index contributed by atoms with van der Waals surface area (Å²) >= 11 is 0. The van der Waals surface area contributed by atoms with Crippen molar-refractivity contribution in [3.8, 4) is 0 Å². The van der Waals surface area contributed by atoms with Crippen molar-refractivity contribution >= 4 is 35.8 Å². The molecule has 136 valence electrons. The van der Waals surface area contributed by atoms with Crippen molar-refractivity contribution in [3.05, 3.63) is 0 Å². The SMILES string of the molecule is CCC1(CNC(=NCC(=O)N(C)C)NCCOC)CCCC1.I. The first-order chi connectivity index (χ1) is 10.5. The lowest BCUT2D eigenvalue weighted by Crippen LogP contribution is -2.44. The number of amides is 1. The molecule has 0 unspecified atom stereocenters. The Morgan fingerprint density at radius 1 is 1.26 bits per heavy atom. The van der Waals surface area contributed by atoms with Crippen LogP contribution in [0.5, 0.6) is 0 Å². The van der Waals surface area contributed by atoms with Crippen LogP contribution in [0, 0.1) is 5.41 Å². The Labute approximate surface area is 157 Å². The van der Waals surface area contributed by atoms with Crippen LogP contribution in [0.25, 0.3) is 0 Å². The van der Waals surface area contributed by atoms with E-state index >= 15 is 0 Å².